The molecule has 1 N–H and O–H groups in total. The predicted molar refractivity (Wildman–Crippen MR) is 73.3 cm³/mol. The van der Waals surface area contributed by atoms with Crippen LogP contribution < -0.4 is 5.32 Å². The monoisotopic (exact) mass is 241 g/mol. The molecule has 0 radical (unpaired) electrons. The first-order valence-electron chi connectivity index (χ1n) is 6.83. The van der Waals surface area contributed by atoms with E-state index in [1.165, 1.54) is 19.3 Å². The third-order valence-electron chi connectivity index (χ3n) is 3.83. The van der Waals surface area contributed by atoms with E-state index in [0.29, 0.717) is 6.04 Å². The topological polar surface area (TPSA) is 37.8 Å². The number of rotatable bonds is 4. The van der Waals surface area contributed by atoms with Gasteiger partial charge in [0.15, 0.2) is 0 Å². The van der Waals surface area contributed by atoms with Crippen LogP contribution in [0.15, 0.2) is 30.5 Å². The van der Waals surface area contributed by atoms with Gasteiger partial charge in [0.25, 0.3) is 0 Å². The van der Waals surface area contributed by atoms with E-state index in [1.54, 1.807) is 0 Å². The van der Waals surface area contributed by atoms with Gasteiger partial charge >= 0.3 is 0 Å². The van der Waals surface area contributed by atoms with E-state index in [2.05, 4.69) is 17.2 Å². The van der Waals surface area contributed by atoms with Crippen molar-refractivity contribution in [1.82, 2.24) is 15.3 Å². The fourth-order valence-corrected chi connectivity index (χ4v) is 2.63. The summed E-state index contributed by atoms with van der Waals surface area (Å²) >= 11 is 0. The predicted octanol–water partition coefficient (Wildman–Crippen LogP) is 3.08. The first-order valence-corrected chi connectivity index (χ1v) is 6.83. The maximum atomic E-state index is 4.77. The van der Waals surface area contributed by atoms with Crippen molar-refractivity contribution in [1.29, 1.82) is 0 Å². The molecule has 1 unspecified atom stereocenters. The van der Waals surface area contributed by atoms with E-state index >= 15 is 0 Å². The Morgan fingerprint density at radius 3 is 2.72 bits per heavy atom. The molecule has 1 heterocycles. The van der Waals surface area contributed by atoms with Gasteiger partial charge in [-0.25, -0.2) is 4.98 Å². The first kappa shape index (κ1) is 11.6. The Morgan fingerprint density at radius 1 is 1.28 bits per heavy atom. The van der Waals surface area contributed by atoms with Crippen LogP contribution in [0.4, 0.5) is 0 Å². The standard InChI is InChI=1S/C15H19N3/c1-2-16-15(11-6-5-7-11)14-10-17-12-8-3-4-9-13(12)18-14/h3-4,8-11,15-16H,2,5-7H2,1H3. The van der Waals surface area contributed by atoms with Crippen molar-refractivity contribution in [2.24, 2.45) is 5.92 Å². The van der Waals surface area contributed by atoms with E-state index in [4.69, 9.17) is 4.98 Å². The number of nitrogens with zero attached hydrogens (tertiary/aromatic N) is 2. The summed E-state index contributed by atoms with van der Waals surface area (Å²) in [5.74, 6) is 0.736. The maximum Gasteiger partial charge on any atom is 0.0890 e. The molecule has 94 valence electrons. The van der Waals surface area contributed by atoms with Crippen LogP contribution in [0, 0.1) is 5.92 Å². The molecule has 3 nitrogen and oxygen atoms in total. The van der Waals surface area contributed by atoms with Crippen molar-refractivity contribution in [3.05, 3.63) is 36.2 Å². The zero-order valence-corrected chi connectivity index (χ0v) is 10.8. The molecule has 1 aliphatic carbocycles. The van der Waals surface area contributed by atoms with E-state index in [1.807, 2.05) is 30.5 Å². The van der Waals surface area contributed by atoms with Gasteiger partial charge in [0, 0.05) is 0 Å². The average molecular weight is 241 g/mol. The highest BCUT2D eigenvalue weighted by Gasteiger charge is 2.29. The molecule has 0 bridgehead atoms. The number of para-hydroxylation sites is 2. The molecule has 1 fully saturated rings. The molecule has 0 amide bonds. The second-order valence-electron chi connectivity index (χ2n) is 5.01. The molecular weight excluding hydrogens is 222 g/mol. The Balaban J connectivity index is 1.95. The van der Waals surface area contributed by atoms with Crippen molar-refractivity contribution in [2.45, 2.75) is 32.2 Å². The van der Waals surface area contributed by atoms with Crippen LogP contribution >= 0.6 is 0 Å². The highest BCUT2D eigenvalue weighted by molar-refractivity contribution is 5.73. The van der Waals surface area contributed by atoms with Gasteiger partial charge in [-0.3, -0.25) is 4.98 Å². The quantitative estimate of drug-likeness (QED) is 0.894. The van der Waals surface area contributed by atoms with Crippen LogP contribution in [-0.2, 0) is 0 Å². The molecule has 3 heteroatoms. The van der Waals surface area contributed by atoms with Gasteiger partial charge < -0.3 is 5.32 Å². The number of fused-ring (bicyclic) bond motifs is 1. The van der Waals surface area contributed by atoms with Crippen molar-refractivity contribution < 1.29 is 0 Å². The van der Waals surface area contributed by atoms with Crippen LogP contribution in [0.2, 0.25) is 0 Å². The van der Waals surface area contributed by atoms with Gasteiger partial charge in [-0.2, -0.15) is 0 Å². The van der Waals surface area contributed by atoms with Gasteiger partial charge in [-0.05, 0) is 37.4 Å². The Bertz CT molecular complexity index is 534. The summed E-state index contributed by atoms with van der Waals surface area (Å²) in [6, 6.07) is 8.45. The maximum absolute atomic E-state index is 4.77. The number of hydrogen-bond donors (Lipinski definition) is 1. The third-order valence-corrected chi connectivity index (χ3v) is 3.83. The fourth-order valence-electron chi connectivity index (χ4n) is 2.63. The molecule has 0 saturated heterocycles. The van der Waals surface area contributed by atoms with E-state index in [0.717, 1.165) is 29.2 Å². The summed E-state index contributed by atoms with van der Waals surface area (Å²) in [6.07, 6.45) is 5.92. The number of nitrogens with one attached hydrogen (secondary N) is 1. The summed E-state index contributed by atoms with van der Waals surface area (Å²) in [5.41, 5.74) is 3.07. The van der Waals surface area contributed by atoms with E-state index in [-0.39, 0.29) is 0 Å². The third kappa shape index (κ3) is 2.10. The van der Waals surface area contributed by atoms with Gasteiger partial charge in [-0.15, -0.1) is 0 Å². The lowest BCUT2D eigenvalue weighted by Gasteiger charge is -2.33. The summed E-state index contributed by atoms with van der Waals surface area (Å²) in [4.78, 5) is 9.29. The molecule has 0 aliphatic heterocycles. The van der Waals surface area contributed by atoms with Gasteiger partial charge in [-0.1, -0.05) is 25.5 Å². The summed E-state index contributed by atoms with van der Waals surface area (Å²) < 4.78 is 0. The lowest BCUT2D eigenvalue weighted by molar-refractivity contribution is 0.229. The summed E-state index contributed by atoms with van der Waals surface area (Å²) in [7, 11) is 0. The first-order chi connectivity index (χ1) is 8.88. The van der Waals surface area contributed by atoms with Crippen molar-refractivity contribution in [3.63, 3.8) is 0 Å². The zero-order valence-electron chi connectivity index (χ0n) is 10.8. The summed E-state index contributed by atoms with van der Waals surface area (Å²) in [6.45, 7) is 3.13. The van der Waals surface area contributed by atoms with Gasteiger partial charge in [0.1, 0.15) is 0 Å². The summed E-state index contributed by atoms with van der Waals surface area (Å²) in [5, 5.41) is 3.56. The second-order valence-corrected chi connectivity index (χ2v) is 5.01. The minimum absolute atomic E-state index is 0.376. The van der Waals surface area contributed by atoms with Crippen LogP contribution in [0.5, 0.6) is 0 Å². The zero-order chi connectivity index (χ0) is 12.4. The Kier molecular flexibility index (Phi) is 3.24. The molecule has 1 aliphatic rings. The van der Waals surface area contributed by atoms with Gasteiger partial charge in [0.05, 0.1) is 29.0 Å². The highest BCUT2D eigenvalue weighted by Crippen LogP contribution is 2.37. The number of benzene rings is 1. The minimum atomic E-state index is 0.376. The normalized spacial score (nSPS) is 17.6. The molecule has 1 saturated carbocycles. The lowest BCUT2D eigenvalue weighted by atomic mass is 9.78. The van der Waals surface area contributed by atoms with Gasteiger partial charge in [0.2, 0.25) is 0 Å². The molecule has 3 rings (SSSR count). The number of hydrogen-bond acceptors (Lipinski definition) is 3. The Morgan fingerprint density at radius 2 is 2.06 bits per heavy atom. The molecular formula is C15H19N3. The Hall–Kier alpha value is -1.48. The van der Waals surface area contributed by atoms with Crippen LogP contribution in [0.1, 0.15) is 37.9 Å². The van der Waals surface area contributed by atoms with Crippen molar-refractivity contribution >= 4 is 11.0 Å². The highest BCUT2D eigenvalue weighted by atomic mass is 15.0. The largest absolute Gasteiger partial charge is 0.309 e. The molecule has 1 atom stereocenters. The lowest BCUT2D eigenvalue weighted by Crippen LogP contribution is -2.32. The SMILES string of the molecule is CCNC(c1cnc2ccccc2n1)C1CCC1. The smallest absolute Gasteiger partial charge is 0.0890 e. The Labute approximate surface area is 108 Å². The van der Waals surface area contributed by atoms with Crippen LogP contribution in [0.25, 0.3) is 11.0 Å². The van der Waals surface area contributed by atoms with Crippen LogP contribution in [0.3, 0.4) is 0 Å². The molecule has 1 aromatic heterocycles. The molecule has 2 aromatic rings. The fraction of sp³-hybridized carbons (Fsp3) is 0.467. The van der Waals surface area contributed by atoms with Crippen molar-refractivity contribution in [3.8, 4) is 0 Å². The average Bonchev–Trinajstić information content (AvgIpc) is 2.35. The minimum Gasteiger partial charge on any atom is -0.309 e. The molecule has 0 spiro atoms. The molecule has 1 aromatic carbocycles. The van der Waals surface area contributed by atoms with E-state index in [9.17, 15) is 0 Å². The molecule has 18 heavy (non-hydrogen) atoms. The van der Waals surface area contributed by atoms with Crippen LogP contribution in [-0.4, -0.2) is 16.5 Å². The van der Waals surface area contributed by atoms with E-state index < -0.39 is 0 Å². The second kappa shape index (κ2) is 5.02. The number of aromatic nitrogens is 2. The van der Waals surface area contributed by atoms with Crippen molar-refractivity contribution in [2.75, 3.05) is 6.54 Å².